The number of phenols is 3. The summed E-state index contributed by atoms with van der Waals surface area (Å²) in [5, 5.41) is 31.7. The predicted molar refractivity (Wildman–Crippen MR) is 133 cm³/mol. The highest BCUT2D eigenvalue weighted by Crippen LogP contribution is 2.49. The summed E-state index contributed by atoms with van der Waals surface area (Å²) in [6, 6.07) is 12.7. The number of morpholine rings is 1. The molecule has 0 unspecified atom stereocenters. The number of carbonyl (C=O) groups excluding carboxylic acids is 1. The normalized spacial score (nSPS) is 14.5. The van der Waals surface area contributed by atoms with Gasteiger partial charge in [0.15, 0.2) is 28.6 Å². The second-order valence-electron chi connectivity index (χ2n) is 8.93. The minimum absolute atomic E-state index is 0.0833. The van der Waals surface area contributed by atoms with E-state index in [4.69, 9.17) is 9.15 Å². The summed E-state index contributed by atoms with van der Waals surface area (Å²) in [7, 11) is 0. The van der Waals surface area contributed by atoms with Crippen molar-refractivity contribution in [3.8, 4) is 28.6 Å². The summed E-state index contributed by atoms with van der Waals surface area (Å²) in [4.78, 5) is 27.9. The molecule has 3 aromatic carbocycles. The molecule has 4 aromatic rings. The van der Waals surface area contributed by atoms with E-state index in [1.54, 1.807) is 30.3 Å². The first-order valence-electron chi connectivity index (χ1n) is 11.9. The van der Waals surface area contributed by atoms with Gasteiger partial charge < -0.3 is 29.4 Å². The summed E-state index contributed by atoms with van der Waals surface area (Å²) >= 11 is 0. The topological polar surface area (TPSA) is 120 Å². The van der Waals surface area contributed by atoms with Crippen molar-refractivity contribution in [2.45, 2.75) is 12.3 Å². The standard InChI is InChI=1S/C28H23F2NO7/c29-18-7-6-16(12-19(18)30)17(13-22(33)31-8-10-37-11-9-31)23-25(34)27(36)26(35)24-20(32)14-21(38-28(23)24)15-4-2-1-3-5-15/h1-7,12,14,17,34-36H,8-11,13H2/t17-/m0/s1. The summed E-state index contributed by atoms with van der Waals surface area (Å²) in [6.07, 6.45) is -0.350. The van der Waals surface area contributed by atoms with Gasteiger partial charge in [0.25, 0.3) is 0 Å². The molecule has 5 rings (SSSR count). The number of fused-ring (bicyclic) bond motifs is 1. The maximum absolute atomic E-state index is 14.3. The van der Waals surface area contributed by atoms with Gasteiger partial charge in [-0.25, -0.2) is 8.78 Å². The lowest BCUT2D eigenvalue weighted by Gasteiger charge is -2.29. The van der Waals surface area contributed by atoms with E-state index in [1.807, 2.05) is 0 Å². The van der Waals surface area contributed by atoms with E-state index in [1.165, 1.54) is 11.0 Å². The lowest BCUT2D eigenvalue weighted by atomic mass is 9.85. The van der Waals surface area contributed by atoms with Crippen molar-refractivity contribution in [1.82, 2.24) is 4.90 Å². The monoisotopic (exact) mass is 523 g/mol. The van der Waals surface area contributed by atoms with Crippen LogP contribution >= 0.6 is 0 Å². The Bertz CT molecular complexity index is 1580. The number of nitrogens with zero attached hydrogens (tertiary/aromatic N) is 1. The quantitative estimate of drug-likeness (QED) is 0.335. The SMILES string of the molecule is O=C(C[C@@H](c1ccc(F)c(F)c1)c1c(O)c(O)c(O)c2c(=O)cc(-c3ccccc3)oc12)N1CCOCC1. The maximum Gasteiger partial charge on any atom is 0.223 e. The molecular formula is C28H23F2NO7. The van der Waals surface area contributed by atoms with Gasteiger partial charge in [0.2, 0.25) is 11.7 Å². The average Bonchev–Trinajstić information content (AvgIpc) is 2.93. The second kappa shape index (κ2) is 10.1. The Kier molecular flexibility index (Phi) is 6.73. The van der Waals surface area contributed by atoms with Crippen molar-refractivity contribution < 1.29 is 38.0 Å². The molecule has 1 amide bonds. The molecular weight excluding hydrogens is 500 g/mol. The van der Waals surface area contributed by atoms with E-state index >= 15 is 0 Å². The van der Waals surface area contributed by atoms with E-state index in [0.717, 1.165) is 18.2 Å². The molecule has 196 valence electrons. The van der Waals surface area contributed by atoms with Gasteiger partial charge in [0, 0.05) is 42.6 Å². The molecule has 8 nitrogen and oxygen atoms in total. The van der Waals surface area contributed by atoms with Crippen LogP contribution in [0.3, 0.4) is 0 Å². The maximum atomic E-state index is 14.3. The number of hydrogen-bond acceptors (Lipinski definition) is 7. The number of benzene rings is 3. The van der Waals surface area contributed by atoms with Crippen LogP contribution in [-0.2, 0) is 9.53 Å². The van der Waals surface area contributed by atoms with Gasteiger partial charge in [-0.2, -0.15) is 0 Å². The van der Waals surface area contributed by atoms with Crippen LogP contribution in [0.5, 0.6) is 17.2 Å². The summed E-state index contributed by atoms with van der Waals surface area (Å²) in [5.41, 5.74) is -0.646. The Morgan fingerprint density at radius 3 is 2.32 bits per heavy atom. The third-order valence-corrected chi connectivity index (χ3v) is 6.63. The predicted octanol–water partition coefficient (Wildman–Crippen LogP) is 4.24. The Labute approximate surface area is 214 Å². The lowest BCUT2D eigenvalue weighted by Crippen LogP contribution is -2.41. The highest BCUT2D eigenvalue weighted by Gasteiger charge is 2.32. The third-order valence-electron chi connectivity index (χ3n) is 6.63. The van der Waals surface area contributed by atoms with E-state index in [2.05, 4.69) is 0 Å². The first-order chi connectivity index (χ1) is 18.3. The van der Waals surface area contributed by atoms with Gasteiger partial charge >= 0.3 is 0 Å². The Balaban J connectivity index is 1.77. The zero-order valence-electron chi connectivity index (χ0n) is 20.0. The summed E-state index contributed by atoms with van der Waals surface area (Å²) < 4.78 is 39.5. The molecule has 1 atom stereocenters. The molecule has 38 heavy (non-hydrogen) atoms. The molecule has 2 heterocycles. The molecule has 1 aliphatic heterocycles. The van der Waals surface area contributed by atoms with Gasteiger partial charge in [0.05, 0.1) is 13.2 Å². The molecule has 0 bridgehead atoms. The molecule has 0 aliphatic carbocycles. The molecule has 0 radical (unpaired) electrons. The highest BCUT2D eigenvalue weighted by atomic mass is 19.2. The van der Waals surface area contributed by atoms with Gasteiger partial charge in [-0.1, -0.05) is 36.4 Å². The number of phenolic OH excluding ortho intramolecular Hbond substituents is 3. The number of hydrogen-bond donors (Lipinski definition) is 3. The Hall–Kier alpha value is -4.44. The van der Waals surface area contributed by atoms with Crippen LogP contribution in [0, 0.1) is 11.6 Å². The van der Waals surface area contributed by atoms with Crippen LogP contribution in [0.2, 0.25) is 0 Å². The van der Waals surface area contributed by atoms with Crippen LogP contribution < -0.4 is 5.43 Å². The molecule has 1 aliphatic rings. The van der Waals surface area contributed by atoms with Crippen LogP contribution in [0.25, 0.3) is 22.3 Å². The van der Waals surface area contributed by atoms with Crippen molar-refractivity contribution >= 4 is 16.9 Å². The summed E-state index contributed by atoms with van der Waals surface area (Å²) in [5.74, 6) is -6.55. The first kappa shape index (κ1) is 25.2. The Morgan fingerprint density at radius 1 is 0.921 bits per heavy atom. The van der Waals surface area contributed by atoms with Crippen molar-refractivity contribution in [2.24, 2.45) is 0 Å². The first-order valence-corrected chi connectivity index (χ1v) is 11.9. The molecule has 10 heteroatoms. The molecule has 0 spiro atoms. The van der Waals surface area contributed by atoms with Gasteiger partial charge in [0.1, 0.15) is 16.7 Å². The van der Waals surface area contributed by atoms with Crippen molar-refractivity contribution in [2.75, 3.05) is 26.3 Å². The van der Waals surface area contributed by atoms with Gasteiger partial charge in [-0.3, -0.25) is 9.59 Å². The number of ether oxygens (including phenoxy) is 1. The largest absolute Gasteiger partial charge is 0.504 e. The fraction of sp³-hybridized carbons (Fsp3) is 0.214. The number of carbonyl (C=O) groups is 1. The van der Waals surface area contributed by atoms with Crippen molar-refractivity contribution in [3.05, 3.63) is 87.6 Å². The minimum Gasteiger partial charge on any atom is -0.504 e. The third kappa shape index (κ3) is 4.54. The van der Waals surface area contributed by atoms with E-state index in [0.29, 0.717) is 31.9 Å². The molecule has 3 N–H and O–H groups in total. The number of halogens is 2. The lowest BCUT2D eigenvalue weighted by molar-refractivity contribution is -0.135. The van der Waals surface area contributed by atoms with Gasteiger partial charge in [-0.15, -0.1) is 0 Å². The summed E-state index contributed by atoms with van der Waals surface area (Å²) in [6.45, 7) is 1.27. The number of rotatable bonds is 5. The fourth-order valence-electron chi connectivity index (χ4n) is 4.67. The molecule has 1 saturated heterocycles. The molecule has 0 saturated carbocycles. The van der Waals surface area contributed by atoms with E-state index in [9.17, 15) is 33.7 Å². The van der Waals surface area contributed by atoms with Crippen LogP contribution in [0.1, 0.15) is 23.5 Å². The van der Waals surface area contributed by atoms with Crippen molar-refractivity contribution in [3.63, 3.8) is 0 Å². The smallest absolute Gasteiger partial charge is 0.223 e. The Morgan fingerprint density at radius 2 is 1.63 bits per heavy atom. The molecule has 1 aromatic heterocycles. The number of aromatic hydroxyl groups is 3. The van der Waals surface area contributed by atoms with E-state index < -0.39 is 45.6 Å². The minimum atomic E-state index is -1.19. The van der Waals surface area contributed by atoms with E-state index in [-0.39, 0.29) is 34.8 Å². The van der Waals surface area contributed by atoms with Crippen LogP contribution in [0.15, 0.2) is 63.8 Å². The van der Waals surface area contributed by atoms with Crippen LogP contribution in [-0.4, -0.2) is 52.4 Å². The van der Waals surface area contributed by atoms with Gasteiger partial charge in [-0.05, 0) is 17.7 Å². The number of amides is 1. The zero-order chi connectivity index (χ0) is 27.0. The molecule has 1 fully saturated rings. The zero-order valence-corrected chi connectivity index (χ0v) is 20.0. The fourth-order valence-corrected chi connectivity index (χ4v) is 4.67. The highest BCUT2D eigenvalue weighted by molar-refractivity contribution is 5.94. The average molecular weight is 523 g/mol. The van der Waals surface area contributed by atoms with Crippen molar-refractivity contribution in [1.29, 1.82) is 0 Å². The second-order valence-corrected chi connectivity index (χ2v) is 8.93. The van der Waals surface area contributed by atoms with Crippen LogP contribution in [0.4, 0.5) is 8.78 Å².